The smallest absolute Gasteiger partial charge is 0.126 e. The van der Waals surface area contributed by atoms with Crippen LogP contribution in [0.2, 0.25) is 0 Å². The van der Waals surface area contributed by atoms with Crippen molar-refractivity contribution in [3.05, 3.63) is 24.4 Å². The summed E-state index contributed by atoms with van der Waals surface area (Å²) in [5.74, 6) is 0.482. The van der Waals surface area contributed by atoms with Gasteiger partial charge in [-0.3, -0.25) is 5.10 Å². The quantitative estimate of drug-likeness (QED) is 0.580. The van der Waals surface area contributed by atoms with Crippen molar-refractivity contribution in [1.29, 1.82) is 0 Å². The summed E-state index contributed by atoms with van der Waals surface area (Å²) in [4.78, 5) is 5.45. The molecule has 0 fully saturated rings. The number of rotatable bonds is 5. The lowest BCUT2D eigenvalue weighted by atomic mass is 10.2. The van der Waals surface area contributed by atoms with Crippen LogP contribution in [0.4, 0.5) is 11.5 Å². The van der Waals surface area contributed by atoms with Crippen LogP contribution in [0.3, 0.4) is 0 Å². The molecule has 0 radical (unpaired) electrons. The fourth-order valence-electron chi connectivity index (χ4n) is 2.21. The summed E-state index contributed by atoms with van der Waals surface area (Å²) in [6, 6.07) is 5.93. The molecular weight excluding hydrogens is 286 g/mol. The maximum atomic E-state index is 9.03. The number of aliphatic hydroxyl groups excluding tert-OH is 1. The fourth-order valence-corrected chi connectivity index (χ4v) is 3.26. The van der Waals surface area contributed by atoms with E-state index in [1.165, 1.54) is 0 Å². The van der Waals surface area contributed by atoms with Crippen molar-refractivity contribution in [2.75, 3.05) is 17.7 Å². The number of hydrogen-bond acceptors (Lipinski definition) is 6. The van der Waals surface area contributed by atoms with Crippen LogP contribution in [0.5, 0.6) is 0 Å². The first-order valence-electron chi connectivity index (χ1n) is 6.74. The molecule has 0 aliphatic heterocycles. The number of aromatic nitrogens is 3. The number of nitrogens with zero attached hydrogens (tertiary/aromatic N) is 2. The van der Waals surface area contributed by atoms with Gasteiger partial charge in [0.1, 0.15) is 5.82 Å². The maximum absolute atomic E-state index is 9.03. The predicted octanol–water partition coefficient (Wildman–Crippen LogP) is 2.45. The van der Waals surface area contributed by atoms with E-state index in [1.54, 1.807) is 17.5 Å². The zero-order chi connectivity index (χ0) is 14.8. The van der Waals surface area contributed by atoms with E-state index in [2.05, 4.69) is 20.5 Å². The minimum absolute atomic E-state index is 0.154. The van der Waals surface area contributed by atoms with E-state index in [-0.39, 0.29) is 12.6 Å². The third-order valence-corrected chi connectivity index (χ3v) is 4.42. The first kappa shape index (κ1) is 13.8. The molecule has 0 aliphatic carbocycles. The molecule has 5 N–H and O–H groups in total. The van der Waals surface area contributed by atoms with Gasteiger partial charge in [-0.05, 0) is 25.5 Å². The highest BCUT2D eigenvalue weighted by Crippen LogP contribution is 2.37. The molecule has 21 heavy (non-hydrogen) atoms. The molecule has 0 unspecified atom stereocenters. The summed E-state index contributed by atoms with van der Waals surface area (Å²) in [6.45, 7) is 2.18. The van der Waals surface area contributed by atoms with Crippen molar-refractivity contribution in [2.45, 2.75) is 19.4 Å². The van der Waals surface area contributed by atoms with Crippen LogP contribution < -0.4 is 11.1 Å². The molecule has 110 valence electrons. The van der Waals surface area contributed by atoms with Gasteiger partial charge in [-0.25, -0.2) is 4.98 Å². The van der Waals surface area contributed by atoms with Crippen LogP contribution >= 0.6 is 11.3 Å². The lowest BCUT2D eigenvalue weighted by molar-refractivity contribution is 0.282. The van der Waals surface area contributed by atoms with Crippen LogP contribution in [0.15, 0.2) is 24.4 Å². The average molecular weight is 303 g/mol. The zero-order valence-corrected chi connectivity index (χ0v) is 12.4. The number of nitrogens with two attached hydrogens (primary N) is 1. The second-order valence-corrected chi connectivity index (χ2v) is 6.00. The number of H-pyrrole nitrogens is 1. The molecule has 0 saturated heterocycles. The van der Waals surface area contributed by atoms with Crippen LogP contribution in [-0.4, -0.2) is 32.9 Å². The van der Waals surface area contributed by atoms with Gasteiger partial charge in [0, 0.05) is 24.9 Å². The summed E-state index contributed by atoms with van der Waals surface area (Å²) < 4.78 is 1.05. The molecule has 1 atom stereocenters. The number of nitrogen functional groups attached to an aromatic ring is 1. The number of thiophene rings is 1. The Kier molecular flexibility index (Phi) is 3.76. The van der Waals surface area contributed by atoms with E-state index in [0.29, 0.717) is 12.2 Å². The van der Waals surface area contributed by atoms with Crippen molar-refractivity contribution in [3.63, 3.8) is 0 Å². The Morgan fingerprint density at radius 3 is 3.05 bits per heavy atom. The highest BCUT2D eigenvalue weighted by Gasteiger charge is 2.13. The van der Waals surface area contributed by atoms with Gasteiger partial charge in [-0.2, -0.15) is 5.10 Å². The summed E-state index contributed by atoms with van der Waals surface area (Å²) >= 11 is 1.64. The molecule has 3 aromatic rings. The van der Waals surface area contributed by atoms with E-state index in [4.69, 9.17) is 10.8 Å². The molecule has 0 saturated carbocycles. The Morgan fingerprint density at radius 2 is 2.33 bits per heavy atom. The number of aliphatic hydroxyl groups is 1. The minimum Gasteiger partial charge on any atom is -0.396 e. The molecule has 0 amide bonds. The van der Waals surface area contributed by atoms with Crippen molar-refractivity contribution < 1.29 is 5.11 Å². The summed E-state index contributed by atoms with van der Waals surface area (Å²) in [6.07, 6.45) is 2.41. The molecule has 6 nitrogen and oxygen atoms in total. The van der Waals surface area contributed by atoms with Gasteiger partial charge < -0.3 is 16.2 Å². The van der Waals surface area contributed by atoms with Gasteiger partial charge in [0.2, 0.25) is 0 Å². The van der Waals surface area contributed by atoms with Crippen LogP contribution in [0.1, 0.15) is 13.3 Å². The number of pyridine rings is 1. The lowest BCUT2D eigenvalue weighted by Crippen LogP contribution is -2.16. The standard InChI is InChI=1S/C14H17N5OS/c1-8(3-5-20)17-11-7-13(15)18-10-6-12(21-14(10)11)9-2-4-16-19-9/h2,4,6-8,20H,3,5H2,1H3,(H,16,19)(H3,15,17,18)/t8-/m0/s1. The van der Waals surface area contributed by atoms with E-state index in [0.717, 1.165) is 26.5 Å². The Morgan fingerprint density at radius 1 is 1.48 bits per heavy atom. The number of aromatic amines is 1. The number of anilines is 2. The van der Waals surface area contributed by atoms with Crippen LogP contribution in [-0.2, 0) is 0 Å². The first-order valence-corrected chi connectivity index (χ1v) is 7.56. The third kappa shape index (κ3) is 2.84. The maximum Gasteiger partial charge on any atom is 0.126 e. The van der Waals surface area contributed by atoms with E-state index in [1.807, 2.05) is 25.1 Å². The molecule has 0 spiro atoms. The van der Waals surface area contributed by atoms with Crippen molar-refractivity contribution in [3.8, 4) is 10.6 Å². The zero-order valence-electron chi connectivity index (χ0n) is 11.6. The lowest BCUT2D eigenvalue weighted by Gasteiger charge is -2.14. The molecule has 0 bridgehead atoms. The summed E-state index contributed by atoms with van der Waals surface area (Å²) in [7, 11) is 0. The van der Waals surface area contributed by atoms with Gasteiger partial charge in [-0.1, -0.05) is 0 Å². The van der Waals surface area contributed by atoms with Gasteiger partial charge in [0.25, 0.3) is 0 Å². The van der Waals surface area contributed by atoms with Gasteiger partial charge in [0.05, 0.1) is 26.5 Å². The van der Waals surface area contributed by atoms with Gasteiger partial charge >= 0.3 is 0 Å². The number of nitrogens with one attached hydrogen (secondary N) is 2. The predicted molar refractivity (Wildman–Crippen MR) is 86.4 cm³/mol. The normalized spacial score (nSPS) is 12.7. The monoisotopic (exact) mass is 303 g/mol. The van der Waals surface area contributed by atoms with Crippen molar-refractivity contribution >= 4 is 33.1 Å². The van der Waals surface area contributed by atoms with Crippen molar-refractivity contribution in [1.82, 2.24) is 15.2 Å². The molecule has 0 aliphatic rings. The second-order valence-electron chi connectivity index (χ2n) is 4.95. The minimum atomic E-state index is 0.154. The largest absolute Gasteiger partial charge is 0.396 e. The average Bonchev–Trinajstić information content (AvgIpc) is 3.06. The number of fused-ring (bicyclic) bond motifs is 1. The van der Waals surface area contributed by atoms with Crippen molar-refractivity contribution in [2.24, 2.45) is 0 Å². The molecule has 3 aromatic heterocycles. The fraction of sp³-hybridized carbons (Fsp3) is 0.286. The van der Waals surface area contributed by atoms with Crippen LogP contribution in [0.25, 0.3) is 20.8 Å². The molecule has 3 heterocycles. The third-order valence-electron chi connectivity index (χ3n) is 3.23. The first-order chi connectivity index (χ1) is 10.2. The van der Waals surface area contributed by atoms with E-state index < -0.39 is 0 Å². The second kappa shape index (κ2) is 5.71. The summed E-state index contributed by atoms with van der Waals surface area (Å²) in [5, 5.41) is 19.3. The Labute approximate surface area is 126 Å². The Hall–Kier alpha value is -2.12. The van der Waals surface area contributed by atoms with Crippen LogP contribution in [0, 0.1) is 0 Å². The van der Waals surface area contributed by atoms with E-state index in [9.17, 15) is 0 Å². The highest BCUT2D eigenvalue weighted by molar-refractivity contribution is 7.22. The molecule has 7 heteroatoms. The highest BCUT2D eigenvalue weighted by atomic mass is 32.1. The topological polar surface area (TPSA) is 99.8 Å². The van der Waals surface area contributed by atoms with Gasteiger partial charge in [-0.15, -0.1) is 11.3 Å². The van der Waals surface area contributed by atoms with E-state index >= 15 is 0 Å². The van der Waals surface area contributed by atoms with Gasteiger partial charge in [0.15, 0.2) is 0 Å². The molecule has 0 aromatic carbocycles. The summed E-state index contributed by atoms with van der Waals surface area (Å²) in [5.41, 5.74) is 8.67. The SMILES string of the molecule is C[C@@H](CCO)Nc1cc(N)nc2cc(-c3ccn[nH]3)sc12. The Balaban J connectivity index is 2.03. The number of hydrogen-bond donors (Lipinski definition) is 4. The Bertz CT molecular complexity index is 737. The molecular formula is C14H17N5OS. The molecule has 3 rings (SSSR count).